The highest BCUT2D eigenvalue weighted by Crippen LogP contribution is 2.25. The van der Waals surface area contributed by atoms with Gasteiger partial charge in [0.05, 0.1) is 4.92 Å². The van der Waals surface area contributed by atoms with Crippen LogP contribution in [0.4, 0.5) is 17.1 Å². The van der Waals surface area contributed by atoms with E-state index in [2.05, 4.69) is 26.6 Å². The van der Waals surface area contributed by atoms with Crippen LogP contribution in [0.15, 0.2) is 46.9 Å². The van der Waals surface area contributed by atoms with Crippen LogP contribution in [0.2, 0.25) is 0 Å². The van der Waals surface area contributed by atoms with Crippen molar-refractivity contribution in [3.8, 4) is 0 Å². The maximum atomic E-state index is 11.0. The summed E-state index contributed by atoms with van der Waals surface area (Å²) in [6.45, 7) is 3.26. The van der Waals surface area contributed by atoms with Crippen molar-refractivity contribution in [3.63, 3.8) is 0 Å². The molecule has 2 N–H and O–H groups in total. The van der Waals surface area contributed by atoms with Gasteiger partial charge in [-0.25, -0.2) is 0 Å². The Morgan fingerprint density at radius 2 is 1.81 bits per heavy atom. The van der Waals surface area contributed by atoms with E-state index in [0.717, 1.165) is 21.4 Å². The number of nitrogens with one attached hydrogen (secondary N) is 2. The van der Waals surface area contributed by atoms with Crippen molar-refractivity contribution in [3.05, 3.63) is 62.6 Å². The van der Waals surface area contributed by atoms with Gasteiger partial charge in [-0.05, 0) is 24.6 Å². The zero-order chi connectivity index (χ0) is 15.2. The molecule has 0 aliphatic carbocycles. The average Bonchev–Trinajstić information content (AvgIpc) is 2.46. The smallest absolute Gasteiger partial charge is 0.273 e. The molecule has 0 fully saturated rings. The molecule has 0 atom stereocenters. The second-order valence-electron chi connectivity index (χ2n) is 4.50. The summed E-state index contributed by atoms with van der Waals surface area (Å²) in [5, 5.41) is 17.3. The number of benzene rings is 2. The lowest BCUT2D eigenvalue weighted by Crippen LogP contribution is -2.03. The Morgan fingerprint density at radius 1 is 1.14 bits per heavy atom. The minimum atomic E-state index is -0.384. The van der Waals surface area contributed by atoms with E-state index in [1.165, 1.54) is 12.1 Å². The summed E-state index contributed by atoms with van der Waals surface area (Å²) in [4.78, 5) is 10.6. The largest absolute Gasteiger partial charge is 0.385 e. The quantitative estimate of drug-likeness (QED) is 0.599. The molecule has 0 aliphatic heterocycles. The number of hydrogen-bond donors (Lipinski definition) is 2. The molecule has 110 valence electrons. The zero-order valence-electron chi connectivity index (χ0n) is 11.6. The maximum absolute atomic E-state index is 11.0. The number of non-ortho nitro benzene ring substituents is 1. The predicted octanol–water partition coefficient (Wildman–Crippen LogP) is 4.40. The van der Waals surface area contributed by atoms with Gasteiger partial charge in [-0.15, -0.1) is 0 Å². The molecule has 0 bridgehead atoms. The Balaban J connectivity index is 2.19. The molecule has 2 aromatic carbocycles. The molecule has 0 spiro atoms. The Kier molecular flexibility index (Phi) is 5.16. The lowest BCUT2D eigenvalue weighted by molar-refractivity contribution is -0.384. The molecule has 0 saturated heterocycles. The van der Waals surface area contributed by atoms with Gasteiger partial charge in [0, 0.05) is 41.1 Å². The van der Waals surface area contributed by atoms with E-state index in [4.69, 9.17) is 0 Å². The van der Waals surface area contributed by atoms with E-state index in [0.29, 0.717) is 13.1 Å². The Morgan fingerprint density at radius 3 is 2.43 bits per heavy atom. The number of nitro benzene ring substituents is 1. The highest BCUT2D eigenvalue weighted by molar-refractivity contribution is 9.10. The molecule has 6 heteroatoms. The third-order valence-corrected chi connectivity index (χ3v) is 3.72. The second kappa shape index (κ2) is 7.08. The standard InChI is InChI=1S/C15H16BrN3O2/c1-2-17-12-7-13(9-14(8-12)19(20)21)18-10-11-5-3-4-6-15(11)16/h3-9,17-18H,2,10H2,1H3. The van der Waals surface area contributed by atoms with E-state index in [-0.39, 0.29) is 10.6 Å². The van der Waals surface area contributed by atoms with Crippen LogP contribution in [0.1, 0.15) is 12.5 Å². The fraction of sp³-hybridized carbons (Fsp3) is 0.200. The van der Waals surface area contributed by atoms with Crippen LogP contribution in [-0.2, 0) is 6.54 Å². The predicted molar refractivity (Wildman–Crippen MR) is 88.7 cm³/mol. The van der Waals surface area contributed by atoms with Crippen LogP contribution < -0.4 is 10.6 Å². The second-order valence-corrected chi connectivity index (χ2v) is 5.36. The molecule has 0 radical (unpaired) electrons. The lowest BCUT2D eigenvalue weighted by Gasteiger charge is -2.10. The summed E-state index contributed by atoms with van der Waals surface area (Å²) < 4.78 is 1.01. The Bertz CT molecular complexity index is 647. The SMILES string of the molecule is CCNc1cc(NCc2ccccc2Br)cc([N+](=O)[O-])c1. The third kappa shape index (κ3) is 4.19. The van der Waals surface area contributed by atoms with E-state index in [1.807, 2.05) is 37.3 Å². The number of rotatable bonds is 6. The van der Waals surface area contributed by atoms with Gasteiger partial charge in [0.1, 0.15) is 0 Å². The van der Waals surface area contributed by atoms with Gasteiger partial charge in [-0.1, -0.05) is 34.1 Å². The highest BCUT2D eigenvalue weighted by atomic mass is 79.9. The molecule has 0 heterocycles. The molecule has 21 heavy (non-hydrogen) atoms. The van der Waals surface area contributed by atoms with Crippen LogP contribution in [0.25, 0.3) is 0 Å². The Labute approximate surface area is 131 Å². The molecule has 0 amide bonds. The summed E-state index contributed by atoms with van der Waals surface area (Å²) in [6, 6.07) is 12.8. The summed E-state index contributed by atoms with van der Waals surface area (Å²) in [5.74, 6) is 0. The first-order valence-corrected chi connectivity index (χ1v) is 7.40. The summed E-state index contributed by atoms with van der Waals surface area (Å²) >= 11 is 3.49. The van der Waals surface area contributed by atoms with E-state index < -0.39 is 0 Å². The number of anilines is 2. The van der Waals surface area contributed by atoms with Gasteiger partial charge in [0.15, 0.2) is 0 Å². The zero-order valence-corrected chi connectivity index (χ0v) is 13.2. The number of hydrogen-bond acceptors (Lipinski definition) is 4. The van der Waals surface area contributed by atoms with E-state index in [1.54, 1.807) is 0 Å². The number of nitrogens with zero attached hydrogens (tertiary/aromatic N) is 1. The first-order chi connectivity index (χ1) is 10.1. The molecule has 2 rings (SSSR count). The molecule has 2 aromatic rings. The summed E-state index contributed by atoms with van der Waals surface area (Å²) in [7, 11) is 0. The molecule has 5 nitrogen and oxygen atoms in total. The monoisotopic (exact) mass is 349 g/mol. The summed E-state index contributed by atoms with van der Waals surface area (Å²) in [5.41, 5.74) is 2.62. The van der Waals surface area contributed by atoms with Crippen LogP contribution in [0.5, 0.6) is 0 Å². The summed E-state index contributed by atoms with van der Waals surface area (Å²) in [6.07, 6.45) is 0. The Hall–Kier alpha value is -2.08. The van der Waals surface area contributed by atoms with Crippen molar-refractivity contribution in [2.45, 2.75) is 13.5 Å². The van der Waals surface area contributed by atoms with Crippen LogP contribution in [-0.4, -0.2) is 11.5 Å². The minimum absolute atomic E-state index is 0.0723. The normalized spacial score (nSPS) is 10.2. The van der Waals surface area contributed by atoms with E-state index >= 15 is 0 Å². The van der Waals surface area contributed by atoms with Gasteiger partial charge in [-0.2, -0.15) is 0 Å². The van der Waals surface area contributed by atoms with Crippen LogP contribution >= 0.6 is 15.9 Å². The molecule has 0 unspecified atom stereocenters. The average molecular weight is 350 g/mol. The van der Waals surface area contributed by atoms with Gasteiger partial charge < -0.3 is 10.6 Å². The van der Waals surface area contributed by atoms with Crippen molar-refractivity contribution >= 4 is 33.0 Å². The number of nitro groups is 1. The number of halogens is 1. The van der Waals surface area contributed by atoms with Gasteiger partial charge >= 0.3 is 0 Å². The molecule has 0 aromatic heterocycles. The fourth-order valence-corrected chi connectivity index (χ4v) is 2.39. The van der Waals surface area contributed by atoms with Crippen molar-refractivity contribution in [1.29, 1.82) is 0 Å². The van der Waals surface area contributed by atoms with Crippen molar-refractivity contribution in [1.82, 2.24) is 0 Å². The van der Waals surface area contributed by atoms with Gasteiger partial charge in [0.25, 0.3) is 5.69 Å². The fourth-order valence-electron chi connectivity index (χ4n) is 1.96. The first kappa shape index (κ1) is 15.3. The maximum Gasteiger partial charge on any atom is 0.273 e. The first-order valence-electron chi connectivity index (χ1n) is 6.60. The molecule has 0 saturated carbocycles. The van der Waals surface area contributed by atoms with Crippen molar-refractivity contribution < 1.29 is 4.92 Å². The van der Waals surface area contributed by atoms with Gasteiger partial charge in [-0.3, -0.25) is 10.1 Å². The van der Waals surface area contributed by atoms with Crippen molar-refractivity contribution in [2.75, 3.05) is 17.2 Å². The van der Waals surface area contributed by atoms with E-state index in [9.17, 15) is 10.1 Å². The minimum Gasteiger partial charge on any atom is -0.385 e. The topological polar surface area (TPSA) is 67.2 Å². The molecular formula is C15H16BrN3O2. The highest BCUT2D eigenvalue weighted by Gasteiger charge is 2.09. The van der Waals surface area contributed by atoms with Crippen LogP contribution in [0.3, 0.4) is 0 Å². The lowest BCUT2D eigenvalue weighted by atomic mass is 10.2. The van der Waals surface area contributed by atoms with Gasteiger partial charge in [0.2, 0.25) is 0 Å². The molecule has 0 aliphatic rings. The molecular weight excluding hydrogens is 334 g/mol. The third-order valence-electron chi connectivity index (χ3n) is 2.95. The van der Waals surface area contributed by atoms with Crippen molar-refractivity contribution in [2.24, 2.45) is 0 Å². The van der Waals surface area contributed by atoms with Crippen LogP contribution in [0, 0.1) is 10.1 Å².